The Hall–Kier alpha value is -9.27. The second kappa shape index (κ2) is 39.4. The largest absolute Gasteiger partial charge is 0.479 e. The molecule has 6 aliphatic heterocycles. The Bertz CT molecular complexity index is 3820. The summed E-state index contributed by atoms with van der Waals surface area (Å²) >= 11 is 0. The molecule has 602 valence electrons. The van der Waals surface area contributed by atoms with Crippen LogP contribution < -0.4 is 63.6 Å². The SMILES string of the molecule is CC[C@H](C)[C@@H]1NC(=O)CNC(=O)[C@@H]2Cc3c4[nH]c5cc(ccc35)OC1(CCCCCCN(C)C(=O)OCc1ccc(O[C@@H]3O[C@H](C(=O)O)[C@@H](O)[C@H](O)[C@H]3O)c(C(=O)NCCOCCOCCON)c1)C(=O)NCC(=O)N[C@@H](CS4=O)C(=O)N[C@@H](CC(N)=O)C(=O)N1C[C@H](O)C[C@H]1C(=O)N[C@@H]([C@@H](C)[C@@H](O)CO)C(=O)N2. The van der Waals surface area contributed by atoms with Gasteiger partial charge < -0.3 is 132 Å². The molecule has 8 bridgehead atoms. The van der Waals surface area contributed by atoms with E-state index in [4.69, 9.17) is 40.1 Å². The molecule has 2 unspecified atom stereocenters. The van der Waals surface area contributed by atoms with Crippen molar-refractivity contribution in [3.05, 3.63) is 53.1 Å². The lowest BCUT2D eigenvalue weighted by Crippen LogP contribution is -2.67. The van der Waals surface area contributed by atoms with Gasteiger partial charge in [0.05, 0.1) is 105 Å². The monoisotopic (exact) mass is 1560 g/mol. The Kier molecular flexibility index (Phi) is 30.8. The molecule has 40 nitrogen and oxygen atoms in total. The third kappa shape index (κ3) is 21.8. The van der Waals surface area contributed by atoms with Crippen molar-refractivity contribution in [1.29, 1.82) is 0 Å². The maximum absolute atomic E-state index is 15.6. The number of aromatic amines is 1. The van der Waals surface area contributed by atoms with Crippen molar-refractivity contribution in [2.24, 2.45) is 23.5 Å². The number of carbonyl (C=O) groups excluding carboxylic acids is 11. The molecule has 0 radical (unpaired) electrons. The lowest BCUT2D eigenvalue weighted by atomic mass is 9.79. The Labute approximate surface area is 626 Å². The summed E-state index contributed by atoms with van der Waals surface area (Å²) in [5, 5.41) is 93.8. The summed E-state index contributed by atoms with van der Waals surface area (Å²) in [6.45, 7) is 1.95. The maximum Gasteiger partial charge on any atom is 0.409 e. The number of benzene rings is 2. The number of aliphatic carboxylic acids is 1. The van der Waals surface area contributed by atoms with Gasteiger partial charge in [-0.15, -0.1) is 0 Å². The van der Waals surface area contributed by atoms with E-state index < -0.39 is 236 Å². The maximum atomic E-state index is 15.6. The van der Waals surface area contributed by atoms with Crippen LogP contribution in [0.1, 0.15) is 93.6 Å². The van der Waals surface area contributed by atoms with Gasteiger partial charge in [0, 0.05) is 56.9 Å². The average molecular weight is 1560 g/mol. The molecule has 0 saturated carbocycles. The third-order valence-electron chi connectivity index (χ3n) is 19.5. The summed E-state index contributed by atoms with van der Waals surface area (Å²) in [6.07, 6.45) is -14.6. The number of nitrogens with one attached hydrogen (secondary N) is 9. The number of ether oxygens (including phenoxy) is 6. The molecule has 7 heterocycles. The zero-order chi connectivity index (χ0) is 79.6. The number of nitrogens with zero attached hydrogens (tertiary/aromatic N) is 2. The molecular formula is C68H97N13O27S. The van der Waals surface area contributed by atoms with Gasteiger partial charge in [-0.2, -0.15) is 0 Å². The number of hydrogen-bond acceptors (Lipinski definition) is 27. The molecule has 17 atom stereocenters. The zero-order valence-electron chi connectivity index (χ0n) is 60.4. The third-order valence-corrected chi connectivity index (χ3v) is 20.9. The predicted molar refractivity (Wildman–Crippen MR) is 375 cm³/mol. The first-order valence-corrected chi connectivity index (χ1v) is 36.9. The van der Waals surface area contributed by atoms with E-state index in [1.807, 2.05) is 0 Å². The number of aliphatic hydroxyl groups excluding tert-OH is 6. The van der Waals surface area contributed by atoms with E-state index in [0.29, 0.717) is 19.3 Å². The lowest BCUT2D eigenvalue weighted by Gasteiger charge is -2.42. The molecule has 41 heteroatoms. The minimum atomic E-state index is -2.46. The molecule has 2 aromatic carbocycles. The van der Waals surface area contributed by atoms with Gasteiger partial charge in [0.25, 0.3) is 11.8 Å². The normalized spacial score (nSPS) is 27.4. The molecular weight excluding hydrogens is 1460 g/mol. The van der Waals surface area contributed by atoms with Crippen molar-refractivity contribution in [3.8, 4) is 11.5 Å². The Morgan fingerprint density at radius 2 is 1.52 bits per heavy atom. The molecule has 6 aliphatic rings. The van der Waals surface area contributed by atoms with Gasteiger partial charge in [-0.1, -0.05) is 46.1 Å². The molecule has 1 aromatic heterocycles. The first kappa shape index (κ1) is 85.3. The standard InChI is InChI=1S/C68H97N13O27S/c1-5-33(2)56-68(14-8-6-7-9-16-80(4)67(100)104-31-35-10-13-47(106-65-54(90)52(88)53(89)55(107-65)64(97)98)40(22-35)57(91)71-15-17-102-18-19-103-20-21-105-70)66(99)73-28-49(86)74-44-32-109(101)62-39(38-12-11-37(108-68)24-41(38)77-62)25-42(58(92)72-27-50(87)78-56)75-61(95)51(34(3)46(84)30-82)79-60(94)45-23-36(83)29-81(45)63(96)43(26-48(69)85)76-59(44)93/h10-13,22,24,33-34,36,42-46,51-56,65,77,82-84,88-90H,5-9,14-21,23,25-32,70H2,1-4H3,(H2,69,85)(H,71,91)(H,72,92)(H,73,99)(H,74,86)(H,75,95)(H,76,93)(H,78,87)(H,79,94)(H,97,98)/t33-,34-,36+,42-,43-,44-,45-,46-,51-,52-,53-,54+,55-,56-,65+,68?,109?/m0/s1. The van der Waals surface area contributed by atoms with Crippen LogP contribution in [0.5, 0.6) is 11.5 Å². The Morgan fingerprint density at radius 3 is 2.23 bits per heavy atom. The minimum absolute atomic E-state index is 0.00926. The van der Waals surface area contributed by atoms with E-state index in [1.54, 1.807) is 13.8 Å². The van der Waals surface area contributed by atoms with Crippen molar-refractivity contribution >= 4 is 92.8 Å². The molecule has 20 N–H and O–H groups in total. The first-order valence-electron chi connectivity index (χ1n) is 35.6. The second-order valence-corrected chi connectivity index (χ2v) is 28.7. The van der Waals surface area contributed by atoms with Gasteiger partial charge in [-0.05, 0) is 60.6 Å². The molecule has 0 aliphatic carbocycles. The van der Waals surface area contributed by atoms with Gasteiger partial charge >= 0.3 is 12.1 Å². The van der Waals surface area contributed by atoms with Crippen molar-refractivity contribution < 1.29 is 131 Å². The fraction of sp³-hybridized carbons (Fsp3) is 0.618. The van der Waals surface area contributed by atoms with Crippen LogP contribution in [0.25, 0.3) is 10.9 Å². The molecule has 109 heavy (non-hydrogen) atoms. The molecule has 2 saturated heterocycles. The number of aromatic nitrogens is 1. The summed E-state index contributed by atoms with van der Waals surface area (Å²) in [5.74, 6) is -10.3. The number of nitrogens with two attached hydrogens (primary N) is 2. The molecule has 3 aromatic rings. The van der Waals surface area contributed by atoms with E-state index in [-0.39, 0.29) is 110 Å². The van der Waals surface area contributed by atoms with E-state index in [9.17, 15) is 88.5 Å². The molecule has 2 fully saturated rings. The average Bonchev–Trinajstić information content (AvgIpc) is 1.72. The second-order valence-electron chi connectivity index (χ2n) is 27.3. The van der Waals surface area contributed by atoms with Gasteiger partial charge in [0.1, 0.15) is 71.7 Å². The number of H-pyrrole nitrogens is 1. The summed E-state index contributed by atoms with van der Waals surface area (Å²) in [5.41, 5.74) is 3.68. The van der Waals surface area contributed by atoms with E-state index in [2.05, 4.69) is 52.4 Å². The Morgan fingerprint density at radius 1 is 0.817 bits per heavy atom. The van der Waals surface area contributed by atoms with Crippen LogP contribution in [0.3, 0.4) is 0 Å². The quantitative estimate of drug-likeness (QED) is 0.0227. The van der Waals surface area contributed by atoms with Crippen LogP contribution in [0, 0.1) is 11.8 Å². The highest BCUT2D eigenvalue weighted by Gasteiger charge is 2.53. The van der Waals surface area contributed by atoms with Crippen LogP contribution in [-0.2, 0) is 95.6 Å². The van der Waals surface area contributed by atoms with Crippen LogP contribution in [0.2, 0.25) is 0 Å². The number of carboxylic acids is 1. The fourth-order valence-electron chi connectivity index (χ4n) is 13.2. The van der Waals surface area contributed by atoms with Crippen molar-refractivity contribution in [3.63, 3.8) is 0 Å². The minimum Gasteiger partial charge on any atom is -0.479 e. The topological polar surface area (TPSA) is 599 Å². The van der Waals surface area contributed by atoms with Gasteiger partial charge in [-0.3, -0.25) is 52.2 Å². The summed E-state index contributed by atoms with van der Waals surface area (Å²) in [7, 11) is -0.996. The van der Waals surface area contributed by atoms with Gasteiger partial charge in [0.2, 0.25) is 59.1 Å². The van der Waals surface area contributed by atoms with E-state index >= 15 is 9.00 Å². The number of carbonyl (C=O) groups is 12. The lowest BCUT2D eigenvalue weighted by molar-refractivity contribution is -0.271. The highest BCUT2D eigenvalue weighted by molar-refractivity contribution is 7.85. The number of aliphatic hydroxyl groups is 6. The van der Waals surface area contributed by atoms with Crippen molar-refractivity contribution in [2.45, 2.75) is 175 Å². The number of hydrogen-bond donors (Lipinski definition) is 18. The van der Waals surface area contributed by atoms with Gasteiger partial charge in [-0.25, -0.2) is 15.5 Å². The van der Waals surface area contributed by atoms with Crippen LogP contribution >= 0.6 is 0 Å². The van der Waals surface area contributed by atoms with E-state index in [0.717, 1.165) is 4.90 Å². The van der Waals surface area contributed by atoms with Crippen LogP contribution in [0.4, 0.5) is 4.79 Å². The summed E-state index contributed by atoms with van der Waals surface area (Å²) < 4.78 is 49.6. The summed E-state index contributed by atoms with van der Waals surface area (Å²) in [6, 6.07) is -2.00. The number of carboxylic acid groups (broad SMARTS) is 1. The number of fused-ring (bicyclic) bond motifs is 9. The van der Waals surface area contributed by atoms with Crippen molar-refractivity contribution in [2.75, 3.05) is 85.2 Å². The number of unbranched alkanes of at least 4 members (excludes halogenated alkanes) is 3. The van der Waals surface area contributed by atoms with Crippen molar-refractivity contribution in [1.82, 2.24) is 57.3 Å². The molecule has 0 spiro atoms. The first-order chi connectivity index (χ1) is 51.9. The molecule has 9 rings (SSSR count). The highest BCUT2D eigenvalue weighted by atomic mass is 32.2. The molecule has 11 amide bonds. The number of rotatable bonds is 29. The fourth-order valence-corrected chi connectivity index (χ4v) is 14.6. The zero-order valence-corrected chi connectivity index (χ0v) is 61.3. The highest BCUT2D eigenvalue weighted by Crippen LogP contribution is 2.37. The van der Waals surface area contributed by atoms with Crippen LogP contribution in [0.15, 0.2) is 41.4 Å². The van der Waals surface area contributed by atoms with Crippen LogP contribution in [-0.4, -0.2) is 296 Å². The number of amides is 11. The Balaban J connectivity index is 1.06. The summed E-state index contributed by atoms with van der Waals surface area (Å²) in [4.78, 5) is 180. The van der Waals surface area contributed by atoms with E-state index in [1.165, 1.54) is 55.3 Å². The van der Waals surface area contributed by atoms with Gasteiger partial charge in [0.15, 0.2) is 6.10 Å². The predicted octanol–water partition coefficient (Wildman–Crippen LogP) is -6.35. The number of primary amides is 1. The smallest absolute Gasteiger partial charge is 0.409 e.